The molecule has 18 heavy (non-hydrogen) atoms. The van der Waals surface area contributed by atoms with Gasteiger partial charge >= 0.3 is 11.9 Å². The fourth-order valence-corrected chi connectivity index (χ4v) is 2.05. The van der Waals surface area contributed by atoms with Gasteiger partial charge < -0.3 is 9.47 Å². The van der Waals surface area contributed by atoms with Crippen LogP contribution in [-0.4, -0.2) is 25.2 Å². The molecule has 0 spiro atoms. The van der Waals surface area contributed by atoms with E-state index in [9.17, 15) is 9.59 Å². The Morgan fingerprint density at radius 1 is 0.889 bits per heavy atom. The fourth-order valence-electron chi connectivity index (χ4n) is 2.05. The van der Waals surface area contributed by atoms with Gasteiger partial charge in [0.15, 0.2) is 0 Å². The average molecular weight is 258 g/mol. The van der Waals surface area contributed by atoms with Gasteiger partial charge in [-0.05, 0) is 32.6 Å². The highest BCUT2D eigenvalue weighted by atomic mass is 16.5. The molecule has 0 N–H and O–H groups in total. The van der Waals surface area contributed by atoms with Crippen molar-refractivity contribution in [2.75, 3.05) is 13.2 Å². The first kappa shape index (κ1) is 16.9. The second kappa shape index (κ2) is 8.95. The number of carbonyl (C=O) groups excluding carboxylic acids is 2. The maximum Gasteiger partial charge on any atom is 0.309 e. The molecule has 2 atom stereocenters. The van der Waals surface area contributed by atoms with Gasteiger partial charge in [0.05, 0.1) is 25.0 Å². The minimum Gasteiger partial charge on any atom is -0.466 e. The Labute approximate surface area is 110 Å². The quantitative estimate of drug-likeness (QED) is 0.628. The number of rotatable bonds is 8. The molecule has 0 aromatic carbocycles. The largest absolute Gasteiger partial charge is 0.466 e. The first-order valence-corrected chi connectivity index (χ1v) is 6.81. The summed E-state index contributed by atoms with van der Waals surface area (Å²) in [7, 11) is 0. The van der Waals surface area contributed by atoms with Crippen LogP contribution in [0.2, 0.25) is 0 Å². The summed E-state index contributed by atoms with van der Waals surface area (Å²) in [5, 5.41) is 0. The van der Waals surface area contributed by atoms with Crippen LogP contribution in [0.5, 0.6) is 0 Å². The standard InChI is InChI=1S/C14H26O4/c1-6-11(13(15)17-7-2)12(9-10(4)5)14(16)18-8-3/h10-12H,6-9H2,1-5H3. The van der Waals surface area contributed by atoms with Gasteiger partial charge in [-0.1, -0.05) is 20.8 Å². The predicted molar refractivity (Wildman–Crippen MR) is 70.0 cm³/mol. The Morgan fingerprint density at radius 3 is 1.67 bits per heavy atom. The molecule has 0 amide bonds. The summed E-state index contributed by atoms with van der Waals surface area (Å²) in [6.45, 7) is 10.2. The van der Waals surface area contributed by atoms with Crippen molar-refractivity contribution in [3.8, 4) is 0 Å². The van der Waals surface area contributed by atoms with Crippen molar-refractivity contribution in [3.63, 3.8) is 0 Å². The molecule has 0 heterocycles. The molecule has 0 saturated heterocycles. The lowest BCUT2D eigenvalue weighted by molar-refractivity contribution is -0.161. The Morgan fingerprint density at radius 2 is 1.33 bits per heavy atom. The molecule has 0 saturated carbocycles. The molecule has 0 bridgehead atoms. The van der Waals surface area contributed by atoms with E-state index < -0.39 is 11.8 Å². The van der Waals surface area contributed by atoms with Gasteiger partial charge in [-0.25, -0.2) is 0 Å². The number of hydrogen-bond donors (Lipinski definition) is 0. The van der Waals surface area contributed by atoms with E-state index in [2.05, 4.69) is 0 Å². The van der Waals surface area contributed by atoms with E-state index in [4.69, 9.17) is 9.47 Å². The minimum absolute atomic E-state index is 0.286. The number of hydrogen-bond acceptors (Lipinski definition) is 4. The van der Waals surface area contributed by atoms with E-state index in [-0.39, 0.29) is 11.9 Å². The summed E-state index contributed by atoms with van der Waals surface area (Å²) in [6.07, 6.45) is 1.24. The number of carbonyl (C=O) groups is 2. The molecule has 0 aliphatic heterocycles. The minimum atomic E-state index is -0.397. The average Bonchev–Trinajstić information content (AvgIpc) is 2.28. The van der Waals surface area contributed by atoms with E-state index >= 15 is 0 Å². The van der Waals surface area contributed by atoms with Crippen LogP contribution in [0, 0.1) is 17.8 Å². The fraction of sp³-hybridized carbons (Fsp3) is 0.857. The molecular weight excluding hydrogens is 232 g/mol. The summed E-state index contributed by atoms with van der Waals surface area (Å²) < 4.78 is 10.1. The van der Waals surface area contributed by atoms with Crippen LogP contribution >= 0.6 is 0 Å². The molecule has 0 aromatic rings. The van der Waals surface area contributed by atoms with E-state index in [0.29, 0.717) is 32.0 Å². The van der Waals surface area contributed by atoms with Crippen LogP contribution in [0.25, 0.3) is 0 Å². The van der Waals surface area contributed by atoms with Crippen LogP contribution in [-0.2, 0) is 19.1 Å². The Bertz CT molecular complexity index is 261. The van der Waals surface area contributed by atoms with E-state index in [1.54, 1.807) is 13.8 Å². The smallest absolute Gasteiger partial charge is 0.309 e. The van der Waals surface area contributed by atoms with Gasteiger partial charge in [-0.15, -0.1) is 0 Å². The SMILES string of the molecule is CCOC(=O)C(CC)C(CC(C)C)C(=O)OCC. The van der Waals surface area contributed by atoms with Crippen molar-refractivity contribution in [1.29, 1.82) is 0 Å². The zero-order valence-corrected chi connectivity index (χ0v) is 12.2. The Hall–Kier alpha value is -1.06. The lowest BCUT2D eigenvalue weighted by atomic mass is 9.84. The third-order valence-electron chi connectivity index (χ3n) is 2.83. The number of ether oxygens (including phenoxy) is 2. The summed E-state index contributed by atoms with van der Waals surface area (Å²) in [6, 6.07) is 0. The third kappa shape index (κ3) is 5.52. The Kier molecular flexibility index (Phi) is 8.42. The van der Waals surface area contributed by atoms with Crippen LogP contribution in [0.3, 0.4) is 0 Å². The van der Waals surface area contributed by atoms with Crippen LogP contribution in [0.15, 0.2) is 0 Å². The second-order valence-electron chi connectivity index (χ2n) is 4.75. The zero-order chi connectivity index (χ0) is 14.1. The van der Waals surface area contributed by atoms with Crippen molar-refractivity contribution >= 4 is 11.9 Å². The molecule has 0 rings (SSSR count). The van der Waals surface area contributed by atoms with Gasteiger partial charge in [-0.2, -0.15) is 0 Å². The molecule has 0 aliphatic carbocycles. The second-order valence-corrected chi connectivity index (χ2v) is 4.75. The van der Waals surface area contributed by atoms with Crippen molar-refractivity contribution in [2.24, 2.45) is 17.8 Å². The normalized spacial score (nSPS) is 14.1. The van der Waals surface area contributed by atoms with Gasteiger partial charge in [-0.3, -0.25) is 9.59 Å². The molecule has 0 radical (unpaired) electrons. The molecule has 0 aliphatic rings. The summed E-state index contributed by atoms with van der Waals surface area (Å²) >= 11 is 0. The van der Waals surface area contributed by atoms with Crippen molar-refractivity contribution in [2.45, 2.75) is 47.5 Å². The highest BCUT2D eigenvalue weighted by molar-refractivity contribution is 5.82. The van der Waals surface area contributed by atoms with Gasteiger partial charge in [0.25, 0.3) is 0 Å². The molecular formula is C14H26O4. The predicted octanol–water partition coefficient (Wildman–Crippen LogP) is 2.80. The maximum absolute atomic E-state index is 12.0. The highest BCUT2D eigenvalue weighted by Crippen LogP contribution is 2.26. The first-order chi connectivity index (χ1) is 8.47. The Balaban J connectivity index is 4.87. The van der Waals surface area contributed by atoms with Crippen molar-refractivity contribution < 1.29 is 19.1 Å². The topological polar surface area (TPSA) is 52.6 Å². The molecule has 0 aromatic heterocycles. The maximum atomic E-state index is 12.0. The first-order valence-electron chi connectivity index (χ1n) is 6.81. The summed E-state index contributed by atoms with van der Waals surface area (Å²) in [5.74, 6) is -1.03. The summed E-state index contributed by atoms with van der Waals surface area (Å²) in [5.41, 5.74) is 0. The lowest BCUT2D eigenvalue weighted by Crippen LogP contribution is -2.33. The molecule has 4 nitrogen and oxygen atoms in total. The number of esters is 2. The monoisotopic (exact) mass is 258 g/mol. The van der Waals surface area contributed by atoms with Gasteiger partial charge in [0.2, 0.25) is 0 Å². The van der Waals surface area contributed by atoms with Gasteiger partial charge in [0, 0.05) is 0 Å². The van der Waals surface area contributed by atoms with Crippen LogP contribution in [0.1, 0.15) is 47.5 Å². The highest BCUT2D eigenvalue weighted by Gasteiger charge is 2.34. The molecule has 4 heteroatoms. The third-order valence-corrected chi connectivity index (χ3v) is 2.83. The summed E-state index contributed by atoms with van der Waals surface area (Å²) in [4.78, 5) is 23.8. The van der Waals surface area contributed by atoms with Crippen molar-refractivity contribution in [1.82, 2.24) is 0 Å². The molecule has 106 valence electrons. The van der Waals surface area contributed by atoms with E-state index in [1.807, 2.05) is 20.8 Å². The zero-order valence-electron chi connectivity index (χ0n) is 12.2. The van der Waals surface area contributed by atoms with E-state index in [1.165, 1.54) is 0 Å². The molecule has 0 fully saturated rings. The van der Waals surface area contributed by atoms with Crippen LogP contribution < -0.4 is 0 Å². The molecule has 2 unspecified atom stereocenters. The lowest BCUT2D eigenvalue weighted by Gasteiger charge is -2.24. The van der Waals surface area contributed by atoms with Crippen LogP contribution in [0.4, 0.5) is 0 Å². The van der Waals surface area contributed by atoms with Gasteiger partial charge in [0.1, 0.15) is 0 Å². The van der Waals surface area contributed by atoms with Crippen molar-refractivity contribution in [3.05, 3.63) is 0 Å². The van der Waals surface area contributed by atoms with E-state index in [0.717, 1.165) is 0 Å².